The van der Waals surface area contributed by atoms with E-state index in [1.165, 1.54) is 31.4 Å². The Balaban J connectivity index is 2.14. The molecule has 106 valence electrons. The topological polar surface area (TPSA) is 23.5 Å². The van der Waals surface area contributed by atoms with Crippen molar-refractivity contribution in [3.63, 3.8) is 0 Å². The van der Waals surface area contributed by atoms with E-state index in [9.17, 15) is 5.11 Å². The fourth-order valence-corrected chi connectivity index (χ4v) is 3.13. The van der Waals surface area contributed by atoms with Gasteiger partial charge in [-0.3, -0.25) is 0 Å². The highest BCUT2D eigenvalue weighted by Gasteiger charge is 2.29. The van der Waals surface area contributed by atoms with Gasteiger partial charge in [-0.2, -0.15) is 0 Å². The molecule has 0 radical (unpaired) electrons. The summed E-state index contributed by atoms with van der Waals surface area (Å²) in [5, 5.41) is 9.91. The summed E-state index contributed by atoms with van der Waals surface area (Å²) in [6.45, 7) is 6.58. The fraction of sp³-hybridized carbons (Fsp3) is 0.647. The van der Waals surface area contributed by atoms with E-state index in [0.29, 0.717) is 11.5 Å². The number of aliphatic hydroxyl groups is 1. The van der Waals surface area contributed by atoms with Gasteiger partial charge in [0.2, 0.25) is 0 Å². The quantitative estimate of drug-likeness (QED) is 0.883. The van der Waals surface area contributed by atoms with Gasteiger partial charge in [-0.25, -0.2) is 0 Å². The molecule has 1 saturated carbocycles. The van der Waals surface area contributed by atoms with Crippen LogP contribution in [0.3, 0.4) is 0 Å². The molecule has 0 amide bonds. The Morgan fingerprint density at radius 1 is 1.21 bits per heavy atom. The van der Waals surface area contributed by atoms with Crippen LogP contribution in [0.25, 0.3) is 0 Å². The van der Waals surface area contributed by atoms with E-state index in [1.54, 1.807) is 0 Å². The Hall–Kier alpha value is -1.02. The lowest BCUT2D eigenvalue weighted by molar-refractivity contribution is 0.198. The zero-order chi connectivity index (χ0) is 14.0. The summed E-state index contributed by atoms with van der Waals surface area (Å²) in [5.74, 6) is 0. The number of nitrogens with zero attached hydrogens (tertiary/aromatic N) is 1. The highest BCUT2D eigenvalue weighted by Crippen LogP contribution is 2.38. The summed E-state index contributed by atoms with van der Waals surface area (Å²) < 4.78 is 0. The first-order valence-electron chi connectivity index (χ1n) is 7.40. The maximum absolute atomic E-state index is 9.91. The smallest absolute Gasteiger partial charge is 0.0781 e. The van der Waals surface area contributed by atoms with Crippen LogP contribution in [0.15, 0.2) is 24.3 Å². The molecule has 2 nitrogen and oxygen atoms in total. The van der Waals surface area contributed by atoms with Gasteiger partial charge in [-0.05, 0) is 44.1 Å². The molecule has 1 N–H and O–H groups in total. The van der Waals surface area contributed by atoms with Crippen molar-refractivity contribution in [2.24, 2.45) is 5.41 Å². The first-order valence-corrected chi connectivity index (χ1v) is 7.40. The molecule has 1 aliphatic carbocycles. The van der Waals surface area contributed by atoms with Crippen molar-refractivity contribution in [2.75, 3.05) is 11.9 Å². The number of hydrogen-bond donors (Lipinski definition) is 1. The van der Waals surface area contributed by atoms with Crippen molar-refractivity contribution in [1.82, 2.24) is 0 Å². The normalized spacial score (nSPS) is 21.1. The van der Waals surface area contributed by atoms with Crippen molar-refractivity contribution in [1.29, 1.82) is 0 Å². The molecular formula is C17H27NO. The third-order valence-electron chi connectivity index (χ3n) is 4.62. The minimum atomic E-state index is -0.404. The van der Waals surface area contributed by atoms with Crippen LogP contribution in [0.1, 0.15) is 58.1 Å². The van der Waals surface area contributed by atoms with E-state index in [1.807, 2.05) is 19.1 Å². The third kappa shape index (κ3) is 3.30. The van der Waals surface area contributed by atoms with Gasteiger partial charge in [-0.1, -0.05) is 32.0 Å². The molecule has 2 rings (SSSR count). The SMILES string of the molecule is C[C@@H](O)c1ccccc1N(C)C1CCC(C)(C)CC1. The van der Waals surface area contributed by atoms with Crippen LogP contribution >= 0.6 is 0 Å². The first-order chi connectivity index (χ1) is 8.91. The summed E-state index contributed by atoms with van der Waals surface area (Å²) >= 11 is 0. The van der Waals surface area contributed by atoms with Crippen LogP contribution in [0.4, 0.5) is 5.69 Å². The van der Waals surface area contributed by atoms with Crippen LogP contribution in [0.5, 0.6) is 0 Å². The van der Waals surface area contributed by atoms with Gasteiger partial charge >= 0.3 is 0 Å². The van der Waals surface area contributed by atoms with E-state index in [4.69, 9.17) is 0 Å². The minimum Gasteiger partial charge on any atom is -0.389 e. The average molecular weight is 261 g/mol. The molecule has 19 heavy (non-hydrogen) atoms. The second-order valence-electron chi connectivity index (χ2n) is 6.74. The van der Waals surface area contributed by atoms with Crippen molar-refractivity contribution in [2.45, 2.75) is 58.6 Å². The van der Waals surface area contributed by atoms with E-state index in [0.717, 1.165) is 5.56 Å². The van der Waals surface area contributed by atoms with Gasteiger partial charge < -0.3 is 10.0 Å². The van der Waals surface area contributed by atoms with Gasteiger partial charge in [0.05, 0.1) is 6.10 Å². The highest BCUT2D eigenvalue weighted by atomic mass is 16.3. The van der Waals surface area contributed by atoms with Gasteiger partial charge in [0.1, 0.15) is 0 Å². The van der Waals surface area contributed by atoms with E-state index in [-0.39, 0.29) is 0 Å². The lowest BCUT2D eigenvalue weighted by Gasteiger charge is -2.40. The van der Waals surface area contributed by atoms with Crippen LogP contribution in [-0.4, -0.2) is 18.2 Å². The molecule has 2 heteroatoms. The number of para-hydroxylation sites is 1. The summed E-state index contributed by atoms with van der Waals surface area (Å²) in [6.07, 6.45) is 4.67. The number of anilines is 1. The van der Waals surface area contributed by atoms with E-state index >= 15 is 0 Å². The molecule has 1 aromatic rings. The van der Waals surface area contributed by atoms with Crippen LogP contribution < -0.4 is 4.90 Å². The standard InChI is InChI=1S/C17H27NO/c1-13(19)15-7-5-6-8-16(15)18(4)14-9-11-17(2,3)12-10-14/h5-8,13-14,19H,9-12H2,1-4H3/t13-/m1/s1. The Labute approximate surface area is 117 Å². The number of rotatable bonds is 3. The lowest BCUT2D eigenvalue weighted by atomic mass is 9.75. The molecular weight excluding hydrogens is 234 g/mol. The van der Waals surface area contributed by atoms with E-state index in [2.05, 4.69) is 37.9 Å². The van der Waals surface area contributed by atoms with Crippen LogP contribution in [-0.2, 0) is 0 Å². The molecule has 1 aliphatic rings. The molecule has 0 spiro atoms. The third-order valence-corrected chi connectivity index (χ3v) is 4.62. The summed E-state index contributed by atoms with van der Waals surface area (Å²) in [7, 11) is 2.17. The van der Waals surface area contributed by atoms with Crippen molar-refractivity contribution in [3.05, 3.63) is 29.8 Å². The molecule has 0 unspecified atom stereocenters. The largest absolute Gasteiger partial charge is 0.389 e. The molecule has 0 bridgehead atoms. The van der Waals surface area contributed by atoms with Crippen LogP contribution in [0, 0.1) is 5.41 Å². The van der Waals surface area contributed by atoms with Crippen molar-refractivity contribution >= 4 is 5.69 Å². The van der Waals surface area contributed by atoms with Gasteiger partial charge in [-0.15, -0.1) is 0 Å². The van der Waals surface area contributed by atoms with Gasteiger partial charge in [0, 0.05) is 24.3 Å². The molecule has 0 aliphatic heterocycles. The lowest BCUT2D eigenvalue weighted by Crippen LogP contribution is -2.37. The molecule has 1 atom stereocenters. The van der Waals surface area contributed by atoms with Crippen molar-refractivity contribution in [3.8, 4) is 0 Å². The second-order valence-corrected chi connectivity index (χ2v) is 6.74. The predicted molar refractivity (Wildman–Crippen MR) is 81.5 cm³/mol. The summed E-state index contributed by atoms with van der Waals surface area (Å²) in [4.78, 5) is 2.37. The zero-order valence-electron chi connectivity index (χ0n) is 12.7. The molecule has 0 heterocycles. The minimum absolute atomic E-state index is 0.404. The van der Waals surface area contributed by atoms with E-state index < -0.39 is 6.10 Å². The second kappa shape index (κ2) is 5.54. The molecule has 0 aromatic heterocycles. The van der Waals surface area contributed by atoms with Crippen LogP contribution in [0.2, 0.25) is 0 Å². The number of aliphatic hydroxyl groups excluding tert-OH is 1. The maximum Gasteiger partial charge on any atom is 0.0781 e. The fourth-order valence-electron chi connectivity index (χ4n) is 3.13. The van der Waals surface area contributed by atoms with Crippen molar-refractivity contribution < 1.29 is 5.11 Å². The Morgan fingerprint density at radius 3 is 2.37 bits per heavy atom. The molecule has 0 saturated heterocycles. The zero-order valence-corrected chi connectivity index (χ0v) is 12.7. The van der Waals surface area contributed by atoms with Gasteiger partial charge in [0.25, 0.3) is 0 Å². The first kappa shape index (κ1) is 14.4. The summed E-state index contributed by atoms with van der Waals surface area (Å²) in [5.41, 5.74) is 2.72. The Kier molecular flexibility index (Phi) is 4.19. The molecule has 1 fully saturated rings. The van der Waals surface area contributed by atoms with Gasteiger partial charge in [0.15, 0.2) is 0 Å². The Morgan fingerprint density at radius 2 is 1.79 bits per heavy atom. The number of benzene rings is 1. The Bertz CT molecular complexity index is 415. The monoisotopic (exact) mass is 261 g/mol. The highest BCUT2D eigenvalue weighted by molar-refractivity contribution is 5.54. The average Bonchev–Trinajstić information content (AvgIpc) is 2.38. The number of hydrogen-bond acceptors (Lipinski definition) is 2. The maximum atomic E-state index is 9.91. The molecule has 1 aromatic carbocycles. The predicted octanol–water partition coefficient (Wildman–Crippen LogP) is 4.14. The summed E-state index contributed by atoms with van der Waals surface area (Å²) in [6, 6.07) is 8.83.